The maximum absolute atomic E-state index is 6.18. The van der Waals surface area contributed by atoms with Crippen LogP contribution in [0.2, 0.25) is 10.0 Å². The molecule has 1 heterocycles. The number of nitrogens with one attached hydrogen (secondary N) is 1. The maximum Gasteiger partial charge on any atom is 0.0595 e. The largest absolute Gasteiger partial charge is 0.381 e. The molecule has 2 atom stereocenters. The van der Waals surface area contributed by atoms with Crippen LogP contribution in [-0.2, 0) is 10.2 Å². The van der Waals surface area contributed by atoms with Crippen LogP contribution in [-0.4, -0.2) is 26.3 Å². The molecule has 2 fully saturated rings. The zero-order chi connectivity index (χ0) is 13.5. The number of halogens is 2. The molecule has 1 unspecified atom stereocenters. The van der Waals surface area contributed by atoms with Gasteiger partial charge in [0, 0.05) is 24.0 Å². The number of hydrogen-bond acceptors (Lipinski definition) is 2. The Kier molecular flexibility index (Phi) is 3.55. The molecule has 4 heteroatoms. The predicted molar refractivity (Wildman–Crippen MR) is 79.2 cm³/mol. The summed E-state index contributed by atoms with van der Waals surface area (Å²) < 4.78 is 5.72. The van der Waals surface area contributed by atoms with Gasteiger partial charge in [0.15, 0.2) is 0 Å². The predicted octanol–water partition coefficient (Wildman–Crippen LogP) is 3.65. The Hall–Kier alpha value is -0.280. The second kappa shape index (κ2) is 4.92. The van der Waals surface area contributed by atoms with Crippen LogP contribution >= 0.6 is 23.2 Å². The number of hydrogen-bond donors (Lipinski definition) is 1. The third-order valence-electron chi connectivity index (χ3n) is 4.78. The summed E-state index contributed by atoms with van der Waals surface area (Å²) in [5.41, 5.74) is 1.81. The highest BCUT2D eigenvalue weighted by Gasteiger charge is 2.68. The molecule has 1 saturated carbocycles. The molecule has 104 valence electrons. The zero-order valence-corrected chi connectivity index (χ0v) is 12.7. The summed E-state index contributed by atoms with van der Waals surface area (Å²) >= 11 is 12.2. The smallest absolute Gasteiger partial charge is 0.0595 e. The van der Waals surface area contributed by atoms with Crippen molar-refractivity contribution >= 4 is 23.2 Å². The Morgan fingerprint density at radius 1 is 1.32 bits per heavy atom. The lowest BCUT2D eigenvalue weighted by molar-refractivity contribution is 0.0817. The molecule has 2 nitrogen and oxygen atoms in total. The van der Waals surface area contributed by atoms with Gasteiger partial charge in [-0.05, 0) is 44.0 Å². The number of benzene rings is 1. The average molecular weight is 300 g/mol. The van der Waals surface area contributed by atoms with Gasteiger partial charge in [0.1, 0.15) is 0 Å². The lowest BCUT2D eigenvalue weighted by atomic mass is 9.81. The molecule has 1 aromatic carbocycles. The molecule has 0 amide bonds. The third-order valence-corrected chi connectivity index (χ3v) is 5.52. The van der Waals surface area contributed by atoms with E-state index in [1.165, 1.54) is 12.0 Å². The Balaban J connectivity index is 1.91. The Morgan fingerprint density at radius 2 is 2.16 bits per heavy atom. The molecular formula is C15H19Cl2NO. The van der Waals surface area contributed by atoms with Gasteiger partial charge in [-0.2, -0.15) is 0 Å². The van der Waals surface area contributed by atoms with E-state index in [0.29, 0.717) is 10.0 Å². The van der Waals surface area contributed by atoms with E-state index in [1.54, 1.807) is 0 Å². The van der Waals surface area contributed by atoms with Gasteiger partial charge in [0.25, 0.3) is 0 Å². The van der Waals surface area contributed by atoms with Gasteiger partial charge < -0.3 is 10.1 Å². The number of ether oxygens (including phenoxy) is 1. The van der Waals surface area contributed by atoms with Crippen LogP contribution in [0.3, 0.4) is 0 Å². The van der Waals surface area contributed by atoms with Crippen LogP contribution in [0.15, 0.2) is 18.2 Å². The van der Waals surface area contributed by atoms with Gasteiger partial charge in [0.2, 0.25) is 0 Å². The molecule has 1 aromatic rings. The summed E-state index contributed by atoms with van der Waals surface area (Å²) in [6.07, 6.45) is 2.34. The van der Waals surface area contributed by atoms with Crippen molar-refractivity contribution < 1.29 is 4.74 Å². The number of fused-ring (bicyclic) bond motifs is 1. The van der Waals surface area contributed by atoms with E-state index in [1.807, 2.05) is 12.1 Å². The lowest BCUT2D eigenvalue weighted by Crippen LogP contribution is -2.41. The van der Waals surface area contributed by atoms with Crippen molar-refractivity contribution in [2.24, 2.45) is 5.41 Å². The van der Waals surface area contributed by atoms with E-state index in [0.717, 1.165) is 32.7 Å². The Labute approximate surface area is 124 Å². The monoisotopic (exact) mass is 299 g/mol. The second-order valence-corrected chi connectivity index (χ2v) is 6.55. The minimum atomic E-state index is 0.238. The fourth-order valence-electron chi connectivity index (χ4n) is 3.63. The lowest BCUT2D eigenvalue weighted by Gasteiger charge is -2.31. The first-order valence-electron chi connectivity index (χ1n) is 6.88. The molecule has 1 saturated heterocycles. The molecule has 1 aliphatic heterocycles. The van der Waals surface area contributed by atoms with Crippen LogP contribution in [0, 0.1) is 5.41 Å². The summed E-state index contributed by atoms with van der Waals surface area (Å²) in [4.78, 5) is 0. The van der Waals surface area contributed by atoms with Crippen molar-refractivity contribution in [2.75, 3.05) is 26.3 Å². The molecule has 0 aromatic heterocycles. The van der Waals surface area contributed by atoms with E-state index < -0.39 is 0 Å². The molecule has 2 aliphatic rings. The van der Waals surface area contributed by atoms with E-state index >= 15 is 0 Å². The summed E-state index contributed by atoms with van der Waals surface area (Å²) in [7, 11) is 0. The molecule has 3 rings (SSSR count). The fourth-order valence-corrected chi connectivity index (χ4v) is 3.93. The summed E-state index contributed by atoms with van der Waals surface area (Å²) in [5, 5.41) is 4.80. The van der Waals surface area contributed by atoms with Crippen LogP contribution in [0.5, 0.6) is 0 Å². The normalized spacial score (nSPS) is 33.0. The Morgan fingerprint density at radius 3 is 2.89 bits per heavy atom. The van der Waals surface area contributed by atoms with Crippen LogP contribution in [0.4, 0.5) is 0 Å². The van der Waals surface area contributed by atoms with Crippen molar-refractivity contribution in [1.82, 2.24) is 5.32 Å². The molecule has 0 radical (unpaired) electrons. The maximum atomic E-state index is 6.18. The quantitative estimate of drug-likeness (QED) is 0.916. The topological polar surface area (TPSA) is 21.3 Å². The van der Waals surface area contributed by atoms with E-state index in [4.69, 9.17) is 27.9 Å². The highest BCUT2D eigenvalue weighted by atomic mass is 35.5. The van der Waals surface area contributed by atoms with Crippen LogP contribution in [0.25, 0.3) is 0 Å². The second-order valence-electron chi connectivity index (χ2n) is 5.73. The van der Waals surface area contributed by atoms with Crippen molar-refractivity contribution in [2.45, 2.75) is 25.2 Å². The van der Waals surface area contributed by atoms with Gasteiger partial charge in [-0.1, -0.05) is 29.3 Å². The van der Waals surface area contributed by atoms with E-state index in [2.05, 4.69) is 18.3 Å². The number of rotatable bonds is 4. The first kappa shape index (κ1) is 13.7. The minimum absolute atomic E-state index is 0.238. The zero-order valence-electron chi connectivity index (χ0n) is 11.1. The van der Waals surface area contributed by atoms with Crippen LogP contribution < -0.4 is 5.32 Å². The summed E-state index contributed by atoms with van der Waals surface area (Å²) in [6, 6.07) is 6.09. The van der Waals surface area contributed by atoms with Crippen molar-refractivity contribution in [1.29, 1.82) is 0 Å². The van der Waals surface area contributed by atoms with Gasteiger partial charge in [-0.3, -0.25) is 0 Å². The SMILES string of the molecule is CCOCC12CNCC[C@]1(c1ccc(Cl)c(Cl)c1)C2. The standard InChI is InChI=1S/C15H19Cl2NO/c1-2-19-10-14-8-15(14,5-6-18-9-14)11-3-4-12(16)13(17)7-11/h3-4,7,18H,2,5-6,8-10H2,1H3/t14?,15-/m1/s1. The Bertz CT molecular complexity index is 493. The summed E-state index contributed by atoms with van der Waals surface area (Å²) in [5.74, 6) is 0. The van der Waals surface area contributed by atoms with Crippen LogP contribution in [0.1, 0.15) is 25.3 Å². The highest BCUT2D eigenvalue weighted by molar-refractivity contribution is 6.42. The third kappa shape index (κ3) is 2.09. The van der Waals surface area contributed by atoms with Gasteiger partial charge in [-0.25, -0.2) is 0 Å². The molecular weight excluding hydrogens is 281 g/mol. The highest BCUT2D eigenvalue weighted by Crippen LogP contribution is 2.67. The van der Waals surface area contributed by atoms with Gasteiger partial charge >= 0.3 is 0 Å². The fraction of sp³-hybridized carbons (Fsp3) is 0.600. The van der Waals surface area contributed by atoms with E-state index in [9.17, 15) is 0 Å². The molecule has 0 spiro atoms. The average Bonchev–Trinajstić information content (AvgIpc) is 3.10. The van der Waals surface area contributed by atoms with Crippen molar-refractivity contribution in [3.05, 3.63) is 33.8 Å². The molecule has 0 bridgehead atoms. The first-order valence-corrected chi connectivity index (χ1v) is 7.63. The number of piperidine rings is 1. The van der Waals surface area contributed by atoms with Gasteiger partial charge in [-0.15, -0.1) is 0 Å². The molecule has 19 heavy (non-hydrogen) atoms. The first-order chi connectivity index (χ1) is 9.13. The minimum Gasteiger partial charge on any atom is -0.381 e. The van der Waals surface area contributed by atoms with Crippen molar-refractivity contribution in [3.63, 3.8) is 0 Å². The summed E-state index contributed by atoms with van der Waals surface area (Å²) in [6.45, 7) is 5.76. The molecule has 1 N–H and O–H groups in total. The van der Waals surface area contributed by atoms with E-state index in [-0.39, 0.29) is 10.8 Å². The van der Waals surface area contributed by atoms with Gasteiger partial charge in [0.05, 0.1) is 16.7 Å². The molecule has 1 aliphatic carbocycles. The van der Waals surface area contributed by atoms with Crippen molar-refractivity contribution in [3.8, 4) is 0 Å².